The van der Waals surface area contributed by atoms with E-state index in [0.29, 0.717) is 84.5 Å². The van der Waals surface area contributed by atoms with Crippen molar-refractivity contribution >= 4 is 11.8 Å². The lowest BCUT2D eigenvalue weighted by molar-refractivity contribution is -0.244. The molecule has 8 fully saturated rings. The monoisotopic (exact) mass is 610 g/mol. The molecule has 2 aliphatic heterocycles. The number of hydrogen-bond donors (Lipinski definition) is 1. The fourth-order valence-corrected chi connectivity index (χ4v) is 13.4. The van der Waals surface area contributed by atoms with Crippen LogP contribution in [-0.2, 0) is 23.8 Å². The number of amides is 2. The van der Waals surface area contributed by atoms with Gasteiger partial charge in [-0.15, -0.1) is 0 Å². The number of fused-ring (bicyclic) bond motifs is 4. The highest BCUT2D eigenvalue weighted by molar-refractivity contribution is 5.76. The Bertz CT molecular complexity index is 1170. The van der Waals surface area contributed by atoms with Crippen LogP contribution < -0.4 is 5.73 Å². The van der Waals surface area contributed by atoms with E-state index in [1.54, 1.807) is 0 Å². The Morgan fingerprint density at radius 3 is 2.57 bits per heavy atom. The Balaban J connectivity index is 0.954. The third kappa shape index (κ3) is 4.51. The van der Waals surface area contributed by atoms with Crippen LogP contribution in [0.25, 0.3) is 0 Å². The summed E-state index contributed by atoms with van der Waals surface area (Å²) in [6.45, 7) is 12.0. The summed E-state index contributed by atoms with van der Waals surface area (Å²) >= 11 is 0. The van der Waals surface area contributed by atoms with Gasteiger partial charge in [0, 0.05) is 19.4 Å². The first-order valence-electron chi connectivity index (χ1n) is 18.5. The number of morpholine rings is 1. The molecule has 8 aliphatic rings. The highest BCUT2D eigenvalue weighted by Gasteiger charge is 2.81. The third-order valence-electron chi connectivity index (χ3n) is 15.5. The van der Waals surface area contributed by atoms with Gasteiger partial charge in [-0.2, -0.15) is 0 Å². The van der Waals surface area contributed by atoms with Gasteiger partial charge in [0.25, 0.3) is 0 Å². The van der Waals surface area contributed by atoms with Crippen molar-refractivity contribution in [1.29, 1.82) is 0 Å². The van der Waals surface area contributed by atoms with E-state index in [9.17, 15) is 9.59 Å². The number of carbonyl (C=O) groups is 2. The normalized spacial score (nSPS) is 50.5. The number of primary amides is 1. The van der Waals surface area contributed by atoms with E-state index in [0.717, 1.165) is 31.1 Å². The van der Waals surface area contributed by atoms with Gasteiger partial charge in [0.15, 0.2) is 6.29 Å². The van der Waals surface area contributed by atoms with Gasteiger partial charge in [-0.05, 0) is 134 Å². The second kappa shape index (κ2) is 10.4. The molecule has 0 aromatic rings. The molecule has 6 aliphatic carbocycles. The molecule has 2 N–H and O–H groups in total. The lowest BCUT2D eigenvalue weighted by Gasteiger charge is -2.60. The zero-order chi connectivity index (χ0) is 30.6. The minimum absolute atomic E-state index is 0.103. The standard InChI is InChI=1S/C37H58N2O5/c1-22-17-24(7-10-30(38)40)43-27-19-26-25-8-9-28-34(2,3)29(44-32-20-39(15-16-42-32)31(41)18-23-5-6-23)11-12-37(28)21-36(25,37)14-13-35(26,4)33(22)27/h22-29,32-33H,5-21H2,1-4H3,(H2,38,40)/t22-,24?,25?,26?,27?,28?,29?,32?,33?,35?,36?,37?/m1/s1. The van der Waals surface area contributed by atoms with Crippen molar-refractivity contribution in [2.24, 2.45) is 62.9 Å². The van der Waals surface area contributed by atoms with Crippen molar-refractivity contribution in [2.45, 2.75) is 142 Å². The molecular weight excluding hydrogens is 552 g/mol. The first kappa shape index (κ1) is 30.2. The van der Waals surface area contributed by atoms with Crippen molar-refractivity contribution in [3.05, 3.63) is 0 Å². The fraction of sp³-hybridized carbons (Fsp3) is 0.946. The van der Waals surface area contributed by atoms with Crippen LogP contribution in [0.1, 0.15) is 118 Å². The largest absolute Gasteiger partial charge is 0.375 e. The maximum atomic E-state index is 12.8. The number of ether oxygens (including phenoxy) is 3. The number of hydrogen-bond acceptors (Lipinski definition) is 5. The van der Waals surface area contributed by atoms with E-state index in [1.165, 1.54) is 57.8 Å². The van der Waals surface area contributed by atoms with Gasteiger partial charge >= 0.3 is 0 Å². The Morgan fingerprint density at radius 2 is 1.80 bits per heavy atom. The Labute approximate surface area is 265 Å². The molecule has 44 heavy (non-hydrogen) atoms. The van der Waals surface area contributed by atoms with Crippen LogP contribution in [0, 0.1) is 57.2 Å². The average molecular weight is 611 g/mol. The minimum atomic E-state index is -0.291. The Morgan fingerprint density at radius 1 is 0.977 bits per heavy atom. The SMILES string of the molecule is C[C@@H]1CC(CCC(N)=O)OC2CC3C4CCC5C(C)(C)C(OC6CN(C(=O)CC7CC7)CCO6)CCC56CC46CCC3(C)C21. The molecule has 12 atom stereocenters. The number of carbonyl (C=O) groups excluding carboxylic acids is 2. The van der Waals surface area contributed by atoms with E-state index in [1.807, 2.05) is 4.90 Å². The molecule has 2 amide bonds. The summed E-state index contributed by atoms with van der Waals surface area (Å²) in [5.74, 6) is 4.28. The van der Waals surface area contributed by atoms with Crippen LogP contribution in [0.3, 0.4) is 0 Å². The van der Waals surface area contributed by atoms with Gasteiger partial charge in [-0.25, -0.2) is 0 Å². The third-order valence-corrected chi connectivity index (χ3v) is 15.5. The number of rotatable bonds is 7. The van der Waals surface area contributed by atoms with Crippen molar-refractivity contribution in [3.63, 3.8) is 0 Å². The molecule has 0 radical (unpaired) electrons. The molecule has 0 aromatic carbocycles. The van der Waals surface area contributed by atoms with Crippen molar-refractivity contribution in [2.75, 3.05) is 19.7 Å². The maximum absolute atomic E-state index is 12.8. The van der Waals surface area contributed by atoms with Crippen LogP contribution in [0.2, 0.25) is 0 Å². The van der Waals surface area contributed by atoms with Crippen molar-refractivity contribution in [3.8, 4) is 0 Å². The Hall–Kier alpha value is -1.18. The predicted octanol–water partition coefficient (Wildman–Crippen LogP) is 6.07. The zero-order valence-corrected chi connectivity index (χ0v) is 27.9. The first-order chi connectivity index (χ1) is 21.0. The van der Waals surface area contributed by atoms with Gasteiger partial charge in [0.05, 0.1) is 31.5 Å². The molecule has 6 saturated carbocycles. The first-order valence-corrected chi connectivity index (χ1v) is 18.5. The quantitative estimate of drug-likeness (QED) is 0.378. The van der Waals surface area contributed by atoms with E-state index < -0.39 is 0 Å². The molecule has 7 heteroatoms. The van der Waals surface area contributed by atoms with E-state index >= 15 is 0 Å². The highest BCUT2D eigenvalue weighted by Crippen LogP contribution is 2.87. The lowest BCUT2D eigenvalue weighted by Crippen LogP contribution is -2.56. The summed E-state index contributed by atoms with van der Waals surface area (Å²) in [6, 6.07) is 0. The van der Waals surface area contributed by atoms with Crippen molar-refractivity contribution in [1.82, 2.24) is 4.90 Å². The van der Waals surface area contributed by atoms with Gasteiger partial charge in [0.1, 0.15) is 0 Å². The summed E-state index contributed by atoms with van der Waals surface area (Å²) in [5, 5.41) is 0. The van der Waals surface area contributed by atoms with Gasteiger partial charge in [-0.3, -0.25) is 9.59 Å². The smallest absolute Gasteiger partial charge is 0.223 e. The lowest BCUT2D eigenvalue weighted by atomic mass is 9.46. The molecule has 2 saturated heterocycles. The summed E-state index contributed by atoms with van der Waals surface area (Å²) in [7, 11) is 0. The fourth-order valence-electron chi connectivity index (χ4n) is 13.4. The molecule has 0 bridgehead atoms. The number of nitrogens with zero attached hydrogens (tertiary/aromatic N) is 1. The van der Waals surface area contributed by atoms with Gasteiger partial charge < -0.3 is 24.8 Å². The van der Waals surface area contributed by atoms with Gasteiger partial charge in [0.2, 0.25) is 11.8 Å². The van der Waals surface area contributed by atoms with Crippen LogP contribution in [0.4, 0.5) is 0 Å². The minimum Gasteiger partial charge on any atom is -0.375 e. The molecule has 8 rings (SSSR count). The predicted molar refractivity (Wildman–Crippen MR) is 167 cm³/mol. The van der Waals surface area contributed by atoms with Crippen LogP contribution >= 0.6 is 0 Å². The summed E-state index contributed by atoms with van der Waals surface area (Å²) < 4.78 is 19.8. The van der Waals surface area contributed by atoms with E-state index in [4.69, 9.17) is 19.9 Å². The molecule has 2 heterocycles. The second-order valence-corrected chi connectivity index (χ2v) is 17.9. The molecular formula is C37H58N2O5. The molecule has 7 nitrogen and oxygen atoms in total. The summed E-state index contributed by atoms with van der Waals surface area (Å²) in [5.41, 5.74) is 6.97. The number of nitrogens with two attached hydrogens (primary N) is 1. The molecule has 0 aromatic heterocycles. The van der Waals surface area contributed by atoms with E-state index in [2.05, 4.69) is 27.7 Å². The van der Waals surface area contributed by atoms with Crippen LogP contribution in [0.5, 0.6) is 0 Å². The maximum Gasteiger partial charge on any atom is 0.223 e. The molecule has 246 valence electrons. The molecule has 2 spiro atoms. The topological polar surface area (TPSA) is 91.1 Å². The van der Waals surface area contributed by atoms with Crippen LogP contribution in [0.15, 0.2) is 0 Å². The summed E-state index contributed by atoms with van der Waals surface area (Å²) in [4.78, 5) is 26.3. The zero-order valence-electron chi connectivity index (χ0n) is 27.9. The van der Waals surface area contributed by atoms with Gasteiger partial charge in [-0.1, -0.05) is 27.7 Å². The second-order valence-electron chi connectivity index (χ2n) is 17.9. The average Bonchev–Trinajstić information content (AvgIpc) is 3.88. The Kier molecular flexibility index (Phi) is 7.14. The van der Waals surface area contributed by atoms with Crippen LogP contribution in [-0.4, -0.2) is 61.0 Å². The van der Waals surface area contributed by atoms with Crippen molar-refractivity contribution < 1.29 is 23.8 Å². The highest BCUT2D eigenvalue weighted by atomic mass is 16.7. The van der Waals surface area contributed by atoms with E-state index in [-0.39, 0.29) is 29.8 Å². The molecule has 11 unspecified atom stereocenters. The summed E-state index contributed by atoms with van der Waals surface area (Å²) in [6.07, 6.45) is 16.3.